The molecule has 0 amide bonds. The zero-order valence-corrected chi connectivity index (χ0v) is 10.2. The van der Waals surface area contributed by atoms with Gasteiger partial charge >= 0.3 is 0 Å². The van der Waals surface area contributed by atoms with E-state index in [1.165, 1.54) is 12.8 Å². The lowest BCUT2D eigenvalue weighted by molar-refractivity contribution is 0.185. The molecule has 2 aliphatic rings. The van der Waals surface area contributed by atoms with Crippen molar-refractivity contribution in [1.82, 2.24) is 9.80 Å². The smallest absolute Gasteiger partial charge is 0.196 e. The highest BCUT2D eigenvalue weighted by Gasteiger charge is 2.49. The van der Waals surface area contributed by atoms with Crippen LogP contribution in [0.5, 0.6) is 0 Å². The molecule has 2 radical (unpaired) electrons. The van der Waals surface area contributed by atoms with Crippen LogP contribution in [0.2, 0.25) is 5.31 Å². The first-order valence-corrected chi connectivity index (χ1v) is 5.70. The second-order valence-corrected chi connectivity index (χ2v) is 5.16. The summed E-state index contributed by atoms with van der Waals surface area (Å²) in [5.41, 5.74) is 0. The number of fused-ring (bicyclic) bond motifs is 1. The van der Waals surface area contributed by atoms with Gasteiger partial charge in [-0.15, -0.1) is 0 Å². The number of nitrogens with zero attached hydrogens (tertiary/aromatic N) is 3. The van der Waals surface area contributed by atoms with Crippen LogP contribution in [0.25, 0.3) is 0 Å². The van der Waals surface area contributed by atoms with Crippen LogP contribution in [0, 0.1) is 0 Å². The van der Waals surface area contributed by atoms with Crippen LogP contribution in [-0.4, -0.2) is 56.8 Å². The summed E-state index contributed by atoms with van der Waals surface area (Å²) in [6, 6.07) is 0.951. The van der Waals surface area contributed by atoms with Crippen molar-refractivity contribution in [2.45, 2.75) is 43.6 Å². The molecule has 15 heavy (non-hydrogen) atoms. The van der Waals surface area contributed by atoms with Crippen LogP contribution in [0.15, 0.2) is 4.99 Å². The molecule has 3 nitrogen and oxygen atoms in total. The van der Waals surface area contributed by atoms with E-state index >= 15 is 0 Å². The van der Waals surface area contributed by atoms with Gasteiger partial charge in [-0.2, -0.15) is 0 Å². The highest BCUT2D eigenvalue weighted by molar-refractivity contribution is 6.16. The molecular weight excluding hydrogens is 185 g/mol. The van der Waals surface area contributed by atoms with Gasteiger partial charge < -0.3 is 9.80 Å². The lowest BCUT2D eigenvalue weighted by Gasteiger charge is -2.43. The summed E-state index contributed by atoms with van der Waals surface area (Å²) in [4.78, 5) is 8.89. The summed E-state index contributed by atoms with van der Waals surface area (Å²) in [6.07, 6.45) is 3.57. The van der Waals surface area contributed by atoms with Gasteiger partial charge in [-0.25, -0.2) is 0 Å². The third-order valence-electron chi connectivity index (χ3n) is 4.00. The Morgan fingerprint density at radius 2 is 2.07 bits per heavy atom. The predicted octanol–water partition coefficient (Wildman–Crippen LogP) is 1.12. The van der Waals surface area contributed by atoms with Gasteiger partial charge in [-0.3, -0.25) is 4.99 Å². The monoisotopic (exact) mass is 205 g/mol. The summed E-state index contributed by atoms with van der Waals surface area (Å²) >= 11 is 0. The molecule has 3 unspecified atom stereocenters. The lowest BCUT2D eigenvalue weighted by atomic mass is 9.57. The van der Waals surface area contributed by atoms with E-state index in [0.29, 0.717) is 12.1 Å². The summed E-state index contributed by atoms with van der Waals surface area (Å²) in [6.45, 7) is 2.17. The largest absolute Gasteiger partial charge is 0.341 e. The fourth-order valence-electron chi connectivity index (χ4n) is 3.38. The number of likely N-dealkylation sites (N-methyl/N-ethyl adjacent to an activating group) is 2. The molecule has 0 aromatic heterocycles. The van der Waals surface area contributed by atoms with Crippen LogP contribution in [0.1, 0.15) is 26.2 Å². The average molecular weight is 205 g/mol. The van der Waals surface area contributed by atoms with Crippen molar-refractivity contribution in [1.29, 1.82) is 0 Å². The maximum atomic E-state index is 6.41. The van der Waals surface area contributed by atoms with Gasteiger partial charge in [0.15, 0.2) is 5.96 Å². The Morgan fingerprint density at radius 1 is 1.40 bits per heavy atom. The van der Waals surface area contributed by atoms with Gasteiger partial charge in [0.1, 0.15) is 0 Å². The molecule has 82 valence electrons. The minimum atomic E-state index is -0.0850. The van der Waals surface area contributed by atoms with Gasteiger partial charge in [0.25, 0.3) is 0 Å². The van der Waals surface area contributed by atoms with Crippen LogP contribution in [0.3, 0.4) is 0 Å². The Labute approximate surface area is 93.9 Å². The topological polar surface area (TPSA) is 18.8 Å². The molecule has 0 N–H and O–H groups in total. The third kappa shape index (κ3) is 1.45. The Balaban J connectivity index is 2.35. The van der Waals surface area contributed by atoms with Gasteiger partial charge in [0, 0.05) is 27.2 Å². The molecule has 4 heteroatoms. The van der Waals surface area contributed by atoms with Crippen molar-refractivity contribution in [2.75, 3.05) is 21.1 Å². The van der Waals surface area contributed by atoms with Crippen molar-refractivity contribution >= 4 is 13.8 Å². The van der Waals surface area contributed by atoms with Crippen LogP contribution in [-0.2, 0) is 0 Å². The van der Waals surface area contributed by atoms with Gasteiger partial charge in [-0.05, 0) is 11.7 Å². The van der Waals surface area contributed by atoms with E-state index in [1.807, 2.05) is 7.05 Å². The van der Waals surface area contributed by atoms with Crippen molar-refractivity contribution in [3.05, 3.63) is 0 Å². The van der Waals surface area contributed by atoms with Gasteiger partial charge in [-0.1, -0.05) is 19.8 Å². The van der Waals surface area contributed by atoms with Crippen molar-refractivity contribution in [3.63, 3.8) is 0 Å². The average Bonchev–Trinajstić information content (AvgIpc) is 2.39. The quantitative estimate of drug-likeness (QED) is 0.552. The Kier molecular flexibility index (Phi) is 2.48. The molecule has 0 bridgehead atoms. The van der Waals surface area contributed by atoms with Gasteiger partial charge in [0.05, 0.1) is 13.9 Å². The SMILES string of the molecule is [B]C1(C)CCCC2C1N(C)C(=NC)N2C. The Bertz CT molecular complexity index is 288. The normalized spacial score (nSPS) is 43.6. The molecule has 1 saturated heterocycles. The minimum absolute atomic E-state index is 0.0850. The first-order valence-electron chi connectivity index (χ1n) is 5.70. The Morgan fingerprint density at radius 3 is 2.60 bits per heavy atom. The van der Waals surface area contributed by atoms with E-state index in [0.717, 1.165) is 12.4 Å². The second kappa shape index (κ2) is 3.43. The number of guanidine groups is 1. The van der Waals surface area contributed by atoms with E-state index in [2.05, 4.69) is 35.8 Å². The molecular formula is C11H20BN3. The maximum Gasteiger partial charge on any atom is 0.196 e. The van der Waals surface area contributed by atoms with E-state index in [4.69, 9.17) is 7.85 Å². The molecule has 1 saturated carbocycles. The molecule has 0 aromatic rings. The molecule has 2 fully saturated rings. The Hall–Kier alpha value is -0.665. The minimum Gasteiger partial charge on any atom is -0.341 e. The third-order valence-corrected chi connectivity index (χ3v) is 4.00. The summed E-state index contributed by atoms with van der Waals surface area (Å²) in [5, 5.41) is -0.0850. The highest BCUT2D eigenvalue weighted by atomic mass is 15.5. The number of aliphatic imine (C=N–C) groups is 1. The first-order chi connectivity index (χ1) is 6.99. The molecule has 3 atom stereocenters. The van der Waals surface area contributed by atoms with Crippen LogP contribution >= 0.6 is 0 Å². The predicted molar refractivity (Wildman–Crippen MR) is 64.4 cm³/mol. The summed E-state index contributed by atoms with van der Waals surface area (Å²) in [5.74, 6) is 1.07. The standard InChI is InChI=1S/C11H20BN3/c1-11(12)7-5-6-8-9(11)15(4)10(13-2)14(8)3/h8-9H,5-7H2,1-4H3. The highest BCUT2D eigenvalue weighted by Crippen LogP contribution is 2.46. The molecule has 0 aromatic carbocycles. The molecule has 0 spiro atoms. The molecule has 1 aliphatic heterocycles. The zero-order valence-electron chi connectivity index (χ0n) is 10.2. The van der Waals surface area contributed by atoms with Gasteiger partial charge in [0.2, 0.25) is 0 Å². The lowest BCUT2D eigenvalue weighted by Crippen LogP contribution is -2.47. The number of hydrogen-bond acceptors (Lipinski definition) is 1. The second-order valence-electron chi connectivity index (χ2n) is 5.16. The van der Waals surface area contributed by atoms with E-state index in [-0.39, 0.29) is 5.31 Å². The number of rotatable bonds is 0. The van der Waals surface area contributed by atoms with Crippen LogP contribution < -0.4 is 0 Å². The van der Waals surface area contributed by atoms with E-state index in [1.54, 1.807) is 0 Å². The molecule has 2 rings (SSSR count). The van der Waals surface area contributed by atoms with Crippen molar-refractivity contribution in [2.24, 2.45) is 4.99 Å². The summed E-state index contributed by atoms with van der Waals surface area (Å²) in [7, 11) is 12.5. The maximum absolute atomic E-state index is 6.41. The molecule has 1 heterocycles. The van der Waals surface area contributed by atoms with E-state index in [9.17, 15) is 0 Å². The number of hydrogen-bond donors (Lipinski definition) is 0. The van der Waals surface area contributed by atoms with Crippen molar-refractivity contribution < 1.29 is 0 Å². The first kappa shape index (κ1) is 10.8. The zero-order chi connectivity index (χ0) is 11.2. The van der Waals surface area contributed by atoms with Crippen molar-refractivity contribution in [3.8, 4) is 0 Å². The summed E-state index contributed by atoms with van der Waals surface area (Å²) < 4.78 is 0. The molecule has 1 aliphatic carbocycles. The van der Waals surface area contributed by atoms with E-state index < -0.39 is 0 Å². The fraction of sp³-hybridized carbons (Fsp3) is 0.909. The van der Waals surface area contributed by atoms with Crippen LogP contribution in [0.4, 0.5) is 0 Å². The fourth-order valence-corrected chi connectivity index (χ4v) is 3.38.